The van der Waals surface area contributed by atoms with E-state index in [1.165, 1.54) is 48.1 Å². The molecule has 0 saturated heterocycles. The maximum Gasteiger partial charge on any atom is 0.166 e. The van der Waals surface area contributed by atoms with Crippen LogP contribution in [0.25, 0.3) is 92.0 Å². The maximum atomic E-state index is 5.47. The zero-order valence-corrected chi connectivity index (χ0v) is 25.5. The summed E-state index contributed by atoms with van der Waals surface area (Å²) >= 11 is 1.72. The Morgan fingerprint density at radius 2 is 1.11 bits per heavy atom. The molecule has 3 aromatic heterocycles. The average Bonchev–Trinajstić information content (AvgIpc) is 3.64. The molecule has 214 valence electrons. The van der Waals surface area contributed by atoms with Crippen molar-refractivity contribution in [3.05, 3.63) is 152 Å². The van der Waals surface area contributed by atoms with E-state index in [1.807, 2.05) is 0 Å². The van der Waals surface area contributed by atoms with E-state index in [9.17, 15) is 0 Å². The van der Waals surface area contributed by atoms with Crippen molar-refractivity contribution < 1.29 is 0 Å². The lowest BCUT2D eigenvalue weighted by Crippen LogP contribution is -2.02. The minimum absolute atomic E-state index is 0.849. The second kappa shape index (κ2) is 9.83. The van der Waals surface area contributed by atoms with Gasteiger partial charge in [0.05, 0.1) is 11.0 Å². The third-order valence-corrected chi connectivity index (χ3v) is 10.2. The molecule has 0 amide bonds. The van der Waals surface area contributed by atoms with Gasteiger partial charge < -0.3 is 0 Å². The van der Waals surface area contributed by atoms with Crippen LogP contribution in [-0.2, 0) is 0 Å². The van der Waals surface area contributed by atoms with Crippen LogP contribution in [0.4, 0.5) is 0 Å². The lowest BCUT2D eigenvalue weighted by Gasteiger charge is -2.13. The molecule has 0 fully saturated rings. The zero-order valence-electron chi connectivity index (χ0n) is 24.7. The fraction of sp³-hybridized carbons (Fsp3) is 0. The van der Waals surface area contributed by atoms with Gasteiger partial charge in [-0.15, -0.1) is 11.3 Å². The Kier molecular flexibility index (Phi) is 5.45. The van der Waals surface area contributed by atoms with Gasteiger partial charge in [-0.25, -0.2) is 9.97 Å². The average molecular weight is 604 g/mol. The molecule has 0 aliphatic rings. The second-order valence-corrected chi connectivity index (χ2v) is 12.9. The summed E-state index contributed by atoms with van der Waals surface area (Å²) in [7, 11) is 0. The van der Waals surface area contributed by atoms with Gasteiger partial charge in [0, 0.05) is 26.4 Å². The highest BCUT2D eigenvalue weighted by Crippen LogP contribution is 2.41. The van der Waals surface area contributed by atoms with Crippen molar-refractivity contribution in [2.45, 2.75) is 0 Å². The van der Waals surface area contributed by atoms with Crippen LogP contribution in [0.1, 0.15) is 0 Å². The number of fused-ring (bicyclic) bond motifs is 8. The van der Waals surface area contributed by atoms with Gasteiger partial charge in [0.25, 0.3) is 0 Å². The Morgan fingerprint density at radius 1 is 0.435 bits per heavy atom. The fourth-order valence-electron chi connectivity index (χ4n) is 6.94. The highest BCUT2D eigenvalue weighted by molar-refractivity contribution is 7.25. The molecule has 0 spiro atoms. The Labute approximate surface area is 268 Å². The number of aromatic nitrogens is 3. The van der Waals surface area contributed by atoms with Crippen LogP contribution in [-0.4, -0.2) is 14.5 Å². The van der Waals surface area contributed by atoms with Crippen LogP contribution < -0.4 is 0 Å². The number of benzene rings is 7. The van der Waals surface area contributed by atoms with Gasteiger partial charge in [-0.2, -0.15) is 0 Å². The van der Waals surface area contributed by atoms with Crippen LogP contribution in [0.5, 0.6) is 0 Å². The third kappa shape index (κ3) is 3.84. The van der Waals surface area contributed by atoms with Crippen molar-refractivity contribution in [3.63, 3.8) is 0 Å². The lowest BCUT2D eigenvalue weighted by atomic mass is 10.0. The van der Waals surface area contributed by atoms with E-state index in [2.05, 4.69) is 156 Å². The molecule has 0 unspecified atom stereocenters. The van der Waals surface area contributed by atoms with Crippen LogP contribution in [0.15, 0.2) is 152 Å². The van der Waals surface area contributed by atoms with Crippen LogP contribution in [0, 0.1) is 0 Å². The molecule has 0 N–H and O–H groups in total. The molecule has 0 aliphatic carbocycles. The number of rotatable bonds is 3. The fourth-order valence-corrected chi connectivity index (χ4v) is 8.00. The van der Waals surface area contributed by atoms with Crippen LogP contribution >= 0.6 is 11.3 Å². The van der Waals surface area contributed by atoms with Gasteiger partial charge in [-0.3, -0.25) is 4.57 Å². The molecule has 0 aliphatic heterocycles. The largest absolute Gasteiger partial charge is 0.292 e. The van der Waals surface area contributed by atoms with Crippen molar-refractivity contribution in [1.82, 2.24) is 14.5 Å². The summed E-state index contributed by atoms with van der Waals surface area (Å²) < 4.78 is 3.50. The highest BCUT2D eigenvalue weighted by Gasteiger charge is 2.21. The summed E-state index contributed by atoms with van der Waals surface area (Å²) in [4.78, 5) is 11.8. The predicted molar refractivity (Wildman–Crippen MR) is 195 cm³/mol. The van der Waals surface area contributed by atoms with Gasteiger partial charge in [0.2, 0.25) is 0 Å². The molecule has 4 heteroatoms. The summed E-state index contributed by atoms with van der Waals surface area (Å²) in [5.41, 5.74) is 7.53. The monoisotopic (exact) mass is 603 g/mol. The van der Waals surface area contributed by atoms with E-state index in [4.69, 9.17) is 9.97 Å². The number of hydrogen-bond acceptors (Lipinski definition) is 3. The Morgan fingerprint density at radius 3 is 1.96 bits per heavy atom. The lowest BCUT2D eigenvalue weighted by molar-refractivity contribution is 1.09. The Balaban J connectivity index is 1.26. The minimum Gasteiger partial charge on any atom is -0.292 e. The first kappa shape index (κ1) is 25.5. The summed E-state index contributed by atoms with van der Waals surface area (Å²) in [6.45, 7) is 0. The van der Waals surface area contributed by atoms with Crippen molar-refractivity contribution in [3.8, 4) is 28.2 Å². The molecule has 3 heterocycles. The first-order chi connectivity index (χ1) is 22.8. The molecule has 0 radical (unpaired) electrons. The summed E-state index contributed by atoms with van der Waals surface area (Å²) in [5.74, 6) is 0.849. The van der Waals surface area contributed by atoms with E-state index in [0.717, 1.165) is 43.8 Å². The molecule has 10 rings (SSSR count). The van der Waals surface area contributed by atoms with E-state index in [1.54, 1.807) is 11.3 Å². The van der Waals surface area contributed by atoms with E-state index in [-0.39, 0.29) is 0 Å². The van der Waals surface area contributed by atoms with Crippen molar-refractivity contribution in [1.29, 1.82) is 0 Å². The van der Waals surface area contributed by atoms with Crippen molar-refractivity contribution >= 4 is 75.1 Å². The number of para-hydroxylation sites is 1. The molecule has 3 nitrogen and oxygen atoms in total. The quantitative estimate of drug-likeness (QED) is 0.201. The molecule has 0 atom stereocenters. The van der Waals surface area contributed by atoms with Crippen molar-refractivity contribution in [2.24, 2.45) is 0 Å². The highest BCUT2D eigenvalue weighted by atomic mass is 32.1. The van der Waals surface area contributed by atoms with Gasteiger partial charge in [0.15, 0.2) is 5.82 Å². The normalized spacial score (nSPS) is 11.9. The molecular weight excluding hydrogens is 579 g/mol. The zero-order chi connectivity index (χ0) is 30.2. The molecule has 0 saturated carbocycles. The third-order valence-electron chi connectivity index (χ3n) is 9.17. The van der Waals surface area contributed by atoms with E-state index >= 15 is 0 Å². The molecule has 7 aromatic carbocycles. The number of thiophene rings is 1. The SMILES string of the molecule is c1ccc(-c2nc3c(nc2-n2c4ccccc4c4cc5ccccc5cc42)sc2cc(-c4ccc5ccccc5c4)ccc23)cc1. The van der Waals surface area contributed by atoms with Gasteiger partial charge in [-0.05, 0) is 63.0 Å². The number of hydrogen-bond donors (Lipinski definition) is 0. The van der Waals surface area contributed by atoms with Gasteiger partial charge in [-0.1, -0.05) is 121 Å². The summed E-state index contributed by atoms with van der Waals surface area (Å²) in [6, 6.07) is 54.2. The van der Waals surface area contributed by atoms with Crippen molar-refractivity contribution in [2.75, 3.05) is 0 Å². The first-order valence-electron chi connectivity index (χ1n) is 15.5. The molecule has 0 bridgehead atoms. The van der Waals surface area contributed by atoms with Crippen LogP contribution in [0.3, 0.4) is 0 Å². The van der Waals surface area contributed by atoms with E-state index in [0.29, 0.717) is 0 Å². The van der Waals surface area contributed by atoms with Gasteiger partial charge >= 0.3 is 0 Å². The second-order valence-electron chi connectivity index (χ2n) is 11.9. The summed E-state index contributed by atoms with van der Waals surface area (Å²) in [6.07, 6.45) is 0. The first-order valence-corrected chi connectivity index (χ1v) is 16.3. The minimum atomic E-state index is 0.849. The molecule has 46 heavy (non-hydrogen) atoms. The summed E-state index contributed by atoms with van der Waals surface area (Å²) in [5, 5.41) is 8.49. The smallest absolute Gasteiger partial charge is 0.166 e. The van der Waals surface area contributed by atoms with Gasteiger partial charge in [0.1, 0.15) is 16.0 Å². The van der Waals surface area contributed by atoms with E-state index < -0.39 is 0 Å². The standard InChI is InChI=1S/C42H25N3S/c1-2-11-27(12-3-1)39-41(45-36-17-9-8-16-33(36)35-23-29-14-6-7-15-30(29)24-37(35)45)44-42-40(43-39)34-21-20-32(25-38(34)46-42)31-19-18-26-10-4-5-13-28(26)22-31/h1-25H. The Bertz CT molecular complexity index is 2810. The number of nitrogens with zero attached hydrogens (tertiary/aromatic N) is 3. The predicted octanol–water partition coefficient (Wildman–Crippen LogP) is 11.6. The molecular formula is C42H25N3S. The Hall–Kier alpha value is -5.84. The van der Waals surface area contributed by atoms with Crippen LogP contribution in [0.2, 0.25) is 0 Å². The maximum absolute atomic E-state index is 5.47. The molecule has 10 aromatic rings. The topological polar surface area (TPSA) is 30.7 Å².